The summed E-state index contributed by atoms with van der Waals surface area (Å²) in [6, 6.07) is 10.3. The maximum Gasteiger partial charge on any atom is 0.274 e. The Morgan fingerprint density at radius 3 is 2.93 bits per heavy atom. The van der Waals surface area contributed by atoms with Gasteiger partial charge >= 0.3 is 0 Å². The van der Waals surface area contributed by atoms with Crippen molar-refractivity contribution in [2.75, 3.05) is 13.7 Å². The molecule has 0 spiro atoms. The Kier molecular flexibility index (Phi) is 5.97. The second kappa shape index (κ2) is 8.81. The second-order valence-electron chi connectivity index (χ2n) is 8.28. The minimum absolute atomic E-state index is 0.00263. The third kappa shape index (κ3) is 4.15. The number of carbonyl (C=O) groups excluding carboxylic acids is 1. The number of likely N-dealkylation sites (tertiary alicyclic amines) is 1. The third-order valence-corrected chi connectivity index (χ3v) is 5.93. The fraction of sp³-hybridized carbons (Fsp3) is 0.478. The summed E-state index contributed by atoms with van der Waals surface area (Å²) in [7, 11) is 1.69. The molecule has 1 aliphatic rings. The molecule has 1 aromatic carbocycles. The molecular formula is C23H29N5O2. The largest absolute Gasteiger partial charge is 0.497 e. The molecule has 4 rings (SSSR count). The Hall–Kier alpha value is -2.96. The maximum absolute atomic E-state index is 13.5. The third-order valence-electron chi connectivity index (χ3n) is 5.93. The molecule has 0 bridgehead atoms. The smallest absolute Gasteiger partial charge is 0.274 e. The van der Waals surface area contributed by atoms with Crippen LogP contribution in [0.5, 0.6) is 5.75 Å². The van der Waals surface area contributed by atoms with Gasteiger partial charge in [0, 0.05) is 18.2 Å². The molecule has 1 fully saturated rings. The van der Waals surface area contributed by atoms with E-state index in [0.29, 0.717) is 5.69 Å². The number of aromatic nitrogens is 4. The number of benzene rings is 1. The zero-order valence-electron chi connectivity index (χ0n) is 17.9. The molecule has 3 aromatic rings. The highest BCUT2D eigenvalue weighted by Crippen LogP contribution is 2.26. The summed E-state index contributed by atoms with van der Waals surface area (Å²) in [4.78, 5) is 15.5. The van der Waals surface area contributed by atoms with Gasteiger partial charge < -0.3 is 9.64 Å². The summed E-state index contributed by atoms with van der Waals surface area (Å²) in [6.07, 6.45) is 6.64. The SMILES string of the molecule is COc1cccc(CCC2CCCCN2C(=O)c2cc(C(C)C)c3nncn3n2)c1. The number of hydrogen-bond acceptors (Lipinski definition) is 5. The number of hydrogen-bond donors (Lipinski definition) is 0. The van der Waals surface area contributed by atoms with Crippen LogP contribution < -0.4 is 4.74 Å². The minimum Gasteiger partial charge on any atom is -0.497 e. The first kappa shape index (κ1) is 20.3. The second-order valence-corrected chi connectivity index (χ2v) is 8.28. The van der Waals surface area contributed by atoms with E-state index in [4.69, 9.17) is 4.74 Å². The number of amides is 1. The van der Waals surface area contributed by atoms with Gasteiger partial charge in [0.05, 0.1) is 7.11 Å². The van der Waals surface area contributed by atoms with Gasteiger partial charge in [0.1, 0.15) is 17.8 Å². The van der Waals surface area contributed by atoms with Gasteiger partial charge in [0.2, 0.25) is 0 Å². The highest BCUT2D eigenvalue weighted by Gasteiger charge is 2.29. The van der Waals surface area contributed by atoms with Crippen molar-refractivity contribution in [3.8, 4) is 5.75 Å². The normalized spacial score (nSPS) is 16.9. The molecule has 7 heteroatoms. The van der Waals surface area contributed by atoms with Crippen molar-refractivity contribution in [2.24, 2.45) is 0 Å². The number of fused-ring (bicyclic) bond motifs is 1. The molecule has 0 saturated carbocycles. The van der Waals surface area contributed by atoms with Crippen molar-refractivity contribution in [1.29, 1.82) is 0 Å². The Balaban J connectivity index is 1.55. The molecule has 1 unspecified atom stereocenters. The van der Waals surface area contributed by atoms with Crippen molar-refractivity contribution in [2.45, 2.75) is 57.9 Å². The predicted octanol–water partition coefficient (Wildman–Crippen LogP) is 3.88. The average molecular weight is 408 g/mol. The lowest BCUT2D eigenvalue weighted by atomic mass is 9.95. The number of piperidine rings is 1. The predicted molar refractivity (Wildman–Crippen MR) is 115 cm³/mol. The van der Waals surface area contributed by atoms with E-state index in [-0.39, 0.29) is 17.9 Å². The number of methoxy groups -OCH3 is 1. The van der Waals surface area contributed by atoms with Crippen LogP contribution in [0.3, 0.4) is 0 Å². The van der Waals surface area contributed by atoms with Crippen molar-refractivity contribution in [3.05, 3.63) is 53.5 Å². The van der Waals surface area contributed by atoms with Gasteiger partial charge in [-0.25, -0.2) is 0 Å². The Labute approximate surface area is 177 Å². The van der Waals surface area contributed by atoms with E-state index in [1.165, 1.54) is 5.56 Å². The van der Waals surface area contributed by atoms with Crippen molar-refractivity contribution >= 4 is 11.6 Å². The molecular weight excluding hydrogens is 378 g/mol. The molecule has 1 saturated heterocycles. The molecule has 0 radical (unpaired) electrons. The first-order valence-electron chi connectivity index (χ1n) is 10.7. The monoisotopic (exact) mass is 407 g/mol. The lowest BCUT2D eigenvalue weighted by Gasteiger charge is -2.35. The number of nitrogens with zero attached hydrogens (tertiary/aromatic N) is 5. The fourth-order valence-electron chi connectivity index (χ4n) is 4.26. The lowest BCUT2D eigenvalue weighted by Crippen LogP contribution is -2.44. The molecule has 1 atom stereocenters. The summed E-state index contributed by atoms with van der Waals surface area (Å²) in [6.45, 7) is 4.97. The van der Waals surface area contributed by atoms with Gasteiger partial charge in [0.15, 0.2) is 5.65 Å². The van der Waals surface area contributed by atoms with Crippen LogP contribution in [0.4, 0.5) is 0 Å². The highest BCUT2D eigenvalue weighted by molar-refractivity contribution is 5.93. The average Bonchev–Trinajstić information content (AvgIpc) is 3.25. The van der Waals surface area contributed by atoms with E-state index < -0.39 is 0 Å². The zero-order valence-corrected chi connectivity index (χ0v) is 17.9. The number of ether oxygens (including phenoxy) is 1. The van der Waals surface area contributed by atoms with Crippen LogP contribution in [0.15, 0.2) is 36.7 Å². The molecule has 30 heavy (non-hydrogen) atoms. The van der Waals surface area contributed by atoms with E-state index in [1.54, 1.807) is 18.0 Å². The van der Waals surface area contributed by atoms with E-state index in [0.717, 1.165) is 55.6 Å². The van der Waals surface area contributed by atoms with Gasteiger partial charge in [-0.3, -0.25) is 4.79 Å². The topological polar surface area (TPSA) is 72.6 Å². The van der Waals surface area contributed by atoms with Gasteiger partial charge in [-0.05, 0) is 61.8 Å². The van der Waals surface area contributed by atoms with E-state index >= 15 is 0 Å². The molecule has 3 heterocycles. The van der Waals surface area contributed by atoms with Crippen LogP contribution in [-0.4, -0.2) is 50.3 Å². The number of aryl methyl sites for hydroxylation is 1. The minimum atomic E-state index is 0.00263. The van der Waals surface area contributed by atoms with Crippen molar-refractivity contribution < 1.29 is 9.53 Å². The molecule has 0 N–H and O–H groups in total. The van der Waals surface area contributed by atoms with Crippen LogP contribution >= 0.6 is 0 Å². The van der Waals surface area contributed by atoms with Crippen LogP contribution in [0.2, 0.25) is 0 Å². The van der Waals surface area contributed by atoms with Crippen LogP contribution in [-0.2, 0) is 6.42 Å². The highest BCUT2D eigenvalue weighted by atomic mass is 16.5. The lowest BCUT2D eigenvalue weighted by molar-refractivity contribution is 0.0594. The van der Waals surface area contributed by atoms with Crippen molar-refractivity contribution in [3.63, 3.8) is 0 Å². The summed E-state index contributed by atoms with van der Waals surface area (Å²) in [5, 5.41) is 12.6. The first-order valence-corrected chi connectivity index (χ1v) is 10.7. The molecule has 2 aromatic heterocycles. The quantitative estimate of drug-likeness (QED) is 0.620. The van der Waals surface area contributed by atoms with Crippen LogP contribution in [0, 0.1) is 0 Å². The first-order chi connectivity index (χ1) is 14.6. The van der Waals surface area contributed by atoms with E-state index in [9.17, 15) is 4.79 Å². The Morgan fingerprint density at radius 1 is 1.27 bits per heavy atom. The summed E-state index contributed by atoms with van der Waals surface area (Å²) < 4.78 is 6.96. The molecule has 7 nitrogen and oxygen atoms in total. The van der Waals surface area contributed by atoms with Gasteiger partial charge in [0.25, 0.3) is 5.91 Å². The van der Waals surface area contributed by atoms with Crippen LogP contribution in [0.1, 0.15) is 67.1 Å². The van der Waals surface area contributed by atoms with Gasteiger partial charge in [-0.1, -0.05) is 26.0 Å². The Bertz CT molecular complexity index is 1030. The fourth-order valence-corrected chi connectivity index (χ4v) is 4.26. The maximum atomic E-state index is 13.5. The van der Waals surface area contributed by atoms with Crippen molar-refractivity contribution in [1.82, 2.24) is 24.7 Å². The molecule has 1 amide bonds. The zero-order chi connectivity index (χ0) is 21.1. The van der Waals surface area contributed by atoms with Crippen LogP contribution in [0.25, 0.3) is 5.65 Å². The molecule has 1 aliphatic heterocycles. The molecule has 158 valence electrons. The summed E-state index contributed by atoms with van der Waals surface area (Å²) in [5.41, 5.74) is 3.42. The molecule has 0 aliphatic carbocycles. The van der Waals surface area contributed by atoms with E-state index in [1.807, 2.05) is 23.1 Å². The number of carbonyl (C=O) groups is 1. The number of rotatable bonds is 6. The van der Waals surface area contributed by atoms with Gasteiger partial charge in [-0.2, -0.15) is 9.61 Å². The summed E-state index contributed by atoms with van der Waals surface area (Å²) in [5.74, 6) is 1.11. The Morgan fingerprint density at radius 2 is 2.13 bits per heavy atom. The van der Waals surface area contributed by atoms with E-state index in [2.05, 4.69) is 41.3 Å². The standard InChI is InChI=1S/C23H29N5O2/c1-16(2)20-14-21(26-28-15-24-25-22(20)28)23(29)27-12-5-4-8-18(27)11-10-17-7-6-9-19(13-17)30-3/h6-7,9,13-16,18H,4-5,8,10-12H2,1-3H3. The van der Waals surface area contributed by atoms with Gasteiger partial charge in [-0.15, -0.1) is 10.2 Å². The summed E-state index contributed by atoms with van der Waals surface area (Å²) >= 11 is 0.